The van der Waals surface area contributed by atoms with Crippen molar-refractivity contribution in [2.75, 3.05) is 34.6 Å². The molecular weight excluding hydrogens is 730 g/mol. The number of imide groups is 1. The first kappa shape index (κ1) is 36.0. The number of rotatable bonds is 10. The summed E-state index contributed by atoms with van der Waals surface area (Å²) in [5.41, 5.74) is 1.27. The molecule has 0 spiro atoms. The Morgan fingerprint density at radius 1 is 0.963 bits per heavy atom. The number of ether oxygens (including phenoxy) is 1. The van der Waals surface area contributed by atoms with Gasteiger partial charge in [0.25, 0.3) is 17.7 Å². The highest BCUT2D eigenvalue weighted by Crippen LogP contribution is 2.41. The van der Waals surface area contributed by atoms with Gasteiger partial charge < -0.3 is 20.3 Å². The molecule has 17 heteroatoms. The number of alkyl halides is 2. The number of benzene rings is 4. The van der Waals surface area contributed by atoms with Crippen LogP contribution in [0.4, 0.5) is 30.2 Å². The van der Waals surface area contributed by atoms with E-state index in [1.54, 1.807) is 42.5 Å². The average Bonchev–Trinajstić information content (AvgIpc) is 3.39. The molecule has 2 atom stereocenters. The van der Waals surface area contributed by atoms with Gasteiger partial charge >= 0.3 is 10.2 Å². The van der Waals surface area contributed by atoms with E-state index in [9.17, 15) is 27.6 Å². The third-order valence-electron chi connectivity index (χ3n) is 8.87. The van der Waals surface area contributed by atoms with Crippen LogP contribution in [0.2, 0.25) is 0 Å². The number of amides is 4. The van der Waals surface area contributed by atoms with Crippen molar-refractivity contribution >= 4 is 61.7 Å². The molecule has 3 aliphatic heterocycles. The Balaban J connectivity index is 1.05. The summed E-state index contributed by atoms with van der Waals surface area (Å²) >= 11 is 0. The zero-order chi connectivity index (χ0) is 38.2. The van der Waals surface area contributed by atoms with E-state index in [-0.39, 0.29) is 28.8 Å². The van der Waals surface area contributed by atoms with Gasteiger partial charge in [0, 0.05) is 22.8 Å². The largest absolute Gasteiger partial charge is 0.487 e. The smallest absolute Gasteiger partial charge is 0.326 e. The lowest BCUT2D eigenvalue weighted by atomic mass is 9.90. The molecule has 278 valence electrons. The fourth-order valence-electron chi connectivity index (χ4n) is 6.34. The third kappa shape index (κ3) is 7.57. The number of carbonyl (C=O) groups excluding carboxylic acids is 4. The van der Waals surface area contributed by atoms with Crippen molar-refractivity contribution in [2.45, 2.75) is 24.5 Å². The number of nitrogens with zero attached hydrogens (tertiary/aromatic N) is 2. The highest BCUT2D eigenvalue weighted by Gasteiger charge is 2.43. The zero-order valence-corrected chi connectivity index (χ0v) is 28.9. The third-order valence-corrected chi connectivity index (χ3v) is 10.2. The lowest BCUT2D eigenvalue weighted by molar-refractivity contribution is -0.128. The molecule has 0 aliphatic carbocycles. The molecule has 4 aromatic carbocycles. The summed E-state index contributed by atoms with van der Waals surface area (Å²) in [5.74, 6) is -8.21. The van der Waals surface area contributed by atoms with Gasteiger partial charge in [-0.2, -0.15) is 8.42 Å². The van der Waals surface area contributed by atoms with Crippen LogP contribution in [0, 0.1) is 5.82 Å². The Morgan fingerprint density at radius 3 is 2.39 bits per heavy atom. The number of carbonyl (C=O) groups is 4. The van der Waals surface area contributed by atoms with Crippen molar-refractivity contribution in [1.29, 1.82) is 0 Å². The summed E-state index contributed by atoms with van der Waals surface area (Å²) in [6, 6.07) is 19.7. The van der Waals surface area contributed by atoms with E-state index in [1.165, 1.54) is 65.7 Å². The maximum atomic E-state index is 16.1. The van der Waals surface area contributed by atoms with Crippen LogP contribution in [0.5, 0.6) is 5.75 Å². The van der Waals surface area contributed by atoms with Gasteiger partial charge in [-0.05, 0) is 65.2 Å². The Kier molecular flexibility index (Phi) is 9.49. The van der Waals surface area contributed by atoms with Gasteiger partial charge in [-0.1, -0.05) is 48.5 Å². The molecule has 4 aromatic rings. The second-order valence-corrected chi connectivity index (χ2v) is 14.4. The molecule has 2 unspecified atom stereocenters. The van der Waals surface area contributed by atoms with Crippen LogP contribution in [-0.4, -0.2) is 68.5 Å². The summed E-state index contributed by atoms with van der Waals surface area (Å²) in [7, 11) is -4.39. The van der Waals surface area contributed by atoms with Gasteiger partial charge in [0.05, 0.1) is 19.0 Å². The summed E-state index contributed by atoms with van der Waals surface area (Å²) < 4.78 is 80.7. The van der Waals surface area contributed by atoms with Crippen molar-refractivity contribution in [3.8, 4) is 5.75 Å². The van der Waals surface area contributed by atoms with E-state index in [4.69, 9.17) is 4.74 Å². The second-order valence-electron chi connectivity index (χ2n) is 12.8. The molecule has 0 aromatic heterocycles. The van der Waals surface area contributed by atoms with E-state index in [2.05, 4.69) is 16.0 Å². The summed E-state index contributed by atoms with van der Waals surface area (Å²) in [6.07, 6.45) is 5.35. The van der Waals surface area contributed by atoms with Crippen LogP contribution in [0.25, 0.3) is 10.8 Å². The van der Waals surface area contributed by atoms with Crippen molar-refractivity contribution in [2.24, 2.45) is 0 Å². The minimum atomic E-state index is -4.39. The van der Waals surface area contributed by atoms with E-state index >= 15 is 13.2 Å². The van der Waals surface area contributed by atoms with Crippen molar-refractivity contribution in [3.63, 3.8) is 0 Å². The molecule has 0 radical (unpaired) electrons. The molecule has 4 N–H and O–H groups in total. The SMILES string of the molecule is O=C1C=CC(Nc2ccc(C3C=CN(CC(=O)Nc4ccc5c(F)c(N6CC(=O)NS6(=O)=O)c(OCc6ccccc6)cc5c4)CC3(F)F)cc2)C(=O)N1. The molecule has 0 saturated carbocycles. The van der Waals surface area contributed by atoms with Crippen LogP contribution in [0.1, 0.15) is 17.0 Å². The predicted molar refractivity (Wildman–Crippen MR) is 192 cm³/mol. The van der Waals surface area contributed by atoms with Gasteiger partial charge in [0.1, 0.15) is 30.6 Å². The normalized spacial score (nSPS) is 20.1. The second kappa shape index (κ2) is 14.2. The Morgan fingerprint density at radius 2 is 1.70 bits per heavy atom. The van der Waals surface area contributed by atoms with Crippen LogP contribution >= 0.6 is 0 Å². The van der Waals surface area contributed by atoms with Gasteiger partial charge in [-0.25, -0.2) is 22.2 Å². The number of hydrogen-bond acceptors (Lipinski definition) is 9. The monoisotopic (exact) mass is 760 g/mol. The standard InChI is InChI=1S/C37H31F3N6O7S/c38-34-27-11-10-26(16-24(27)17-30(53-20-22-4-2-1-3-5-22)35(34)46-19-33(49)44-54(46,51)52)42-32(48)18-45-15-14-28(37(39,40)21-45)23-6-8-25(9-7-23)41-29-12-13-31(47)43-36(29)50/h1-17,28-29,41H,18-21H2,(H,42,48)(H,44,49)(H,43,47,50). The fraction of sp³-hybridized carbons (Fsp3) is 0.189. The fourth-order valence-corrected chi connectivity index (χ4v) is 7.50. The number of fused-ring (bicyclic) bond motifs is 1. The quantitative estimate of drug-likeness (QED) is 0.175. The number of hydrogen-bond donors (Lipinski definition) is 4. The van der Waals surface area contributed by atoms with Gasteiger partial charge in [0.2, 0.25) is 11.8 Å². The minimum absolute atomic E-state index is 0.0223. The van der Waals surface area contributed by atoms with Crippen molar-refractivity contribution in [3.05, 3.63) is 120 Å². The highest BCUT2D eigenvalue weighted by atomic mass is 32.2. The van der Waals surface area contributed by atoms with E-state index in [1.807, 2.05) is 4.72 Å². The maximum Gasteiger partial charge on any atom is 0.326 e. The molecule has 1 saturated heterocycles. The number of nitrogens with one attached hydrogen (secondary N) is 4. The van der Waals surface area contributed by atoms with Gasteiger partial charge in [-0.15, -0.1) is 0 Å². The molecule has 0 bridgehead atoms. The first-order chi connectivity index (χ1) is 25.8. The first-order valence-corrected chi connectivity index (χ1v) is 18.0. The Bertz CT molecular complexity index is 2340. The van der Waals surface area contributed by atoms with E-state index < -0.39 is 82.9 Å². The van der Waals surface area contributed by atoms with Gasteiger partial charge in [-0.3, -0.25) is 24.5 Å². The predicted octanol–water partition coefficient (Wildman–Crippen LogP) is 3.92. The minimum Gasteiger partial charge on any atom is -0.487 e. The molecule has 4 amide bonds. The van der Waals surface area contributed by atoms with E-state index in [0.29, 0.717) is 21.1 Å². The molecule has 3 aliphatic rings. The Hall–Kier alpha value is -6.36. The van der Waals surface area contributed by atoms with Crippen LogP contribution in [0.15, 0.2) is 103 Å². The highest BCUT2D eigenvalue weighted by molar-refractivity contribution is 7.92. The molecule has 1 fully saturated rings. The van der Waals surface area contributed by atoms with Crippen LogP contribution < -0.4 is 29.7 Å². The topological polar surface area (TPSA) is 166 Å². The maximum absolute atomic E-state index is 16.1. The average molecular weight is 761 g/mol. The number of anilines is 3. The lowest BCUT2D eigenvalue weighted by Crippen LogP contribution is -2.44. The summed E-state index contributed by atoms with van der Waals surface area (Å²) in [4.78, 5) is 49.5. The number of halogens is 3. The first-order valence-electron chi connectivity index (χ1n) is 16.5. The molecular formula is C37H31F3N6O7S. The van der Waals surface area contributed by atoms with E-state index in [0.717, 1.165) is 0 Å². The van der Waals surface area contributed by atoms with Crippen LogP contribution in [0.3, 0.4) is 0 Å². The summed E-state index contributed by atoms with van der Waals surface area (Å²) in [5, 5.41) is 7.95. The molecule has 7 rings (SSSR count). The lowest BCUT2D eigenvalue weighted by Gasteiger charge is -2.34. The van der Waals surface area contributed by atoms with Crippen molar-refractivity contribution in [1.82, 2.24) is 14.9 Å². The molecule has 3 heterocycles. The zero-order valence-electron chi connectivity index (χ0n) is 28.1. The number of allylic oxidation sites excluding steroid dienone is 1. The summed E-state index contributed by atoms with van der Waals surface area (Å²) in [6.45, 7) is -1.89. The molecule has 13 nitrogen and oxygen atoms in total. The van der Waals surface area contributed by atoms with Crippen molar-refractivity contribution < 1.29 is 45.5 Å². The Labute approximate surface area is 306 Å². The molecule has 54 heavy (non-hydrogen) atoms. The van der Waals surface area contributed by atoms with Crippen LogP contribution in [-0.2, 0) is 36.0 Å². The van der Waals surface area contributed by atoms with Gasteiger partial charge in [0.15, 0.2) is 5.82 Å².